The van der Waals surface area contributed by atoms with Crippen LogP contribution in [-0.4, -0.2) is 23.7 Å². The summed E-state index contributed by atoms with van der Waals surface area (Å²) in [5, 5.41) is 0.771. The lowest BCUT2D eigenvalue weighted by Gasteiger charge is -2.08. The first-order chi connectivity index (χ1) is 8.20. The van der Waals surface area contributed by atoms with E-state index in [1.165, 1.54) is 6.33 Å². The number of nitrogens with two attached hydrogens (primary N) is 1. The van der Waals surface area contributed by atoms with E-state index in [0.29, 0.717) is 23.9 Å². The van der Waals surface area contributed by atoms with E-state index in [2.05, 4.69) is 16.5 Å². The lowest BCUT2D eigenvalue weighted by Crippen LogP contribution is -2.02. The Bertz CT molecular complexity index is 554. The van der Waals surface area contributed by atoms with Gasteiger partial charge in [-0.3, -0.25) is 0 Å². The summed E-state index contributed by atoms with van der Waals surface area (Å²) in [5.74, 6) is 1.67. The van der Waals surface area contributed by atoms with E-state index >= 15 is 0 Å². The molecule has 17 heavy (non-hydrogen) atoms. The molecule has 0 aliphatic carbocycles. The summed E-state index contributed by atoms with van der Waals surface area (Å²) in [6.45, 7) is 3.97. The summed E-state index contributed by atoms with van der Waals surface area (Å²) in [5.41, 5.74) is 6.55. The van der Waals surface area contributed by atoms with Crippen LogP contribution < -0.4 is 10.5 Å². The molecular formula is C12H13N3O2. The van der Waals surface area contributed by atoms with Gasteiger partial charge in [0.05, 0.1) is 12.6 Å². The second-order valence-electron chi connectivity index (χ2n) is 3.47. The number of hydrogen-bond acceptors (Lipinski definition) is 5. The number of fused-ring (bicyclic) bond motifs is 1. The molecule has 0 saturated heterocycles. The molecule has 0 bridgehead atoms. The van der Waals surface area contributed by atoms with Gasteiger partial charge in [0.25, 0.3) is 0 Å². The number of ether oxygens (including phenoxy) is 2. The van der Waals surface area contributed by atoms with Crippen molar-refractivity contribution in [1.29, 1.82) is 0 Å². The Morgan fingerprint density at radius 2 is 2.24 bits per heavy atom. The van der Waals surface area contributed by atoms with Crippen LogP contribution in [0.5, 0.6) is 5.75 Å². The first kappa shape index (κ1) is 11.2. The lowest BCUT2D eigenvalue weighted by atomic mass is 10.2. The van der Waals surface area contributed by atoms with Crippen molar-refractivity contribution in [2.75, 3.05) is 19.5 Å². The van der Waals surface area contributed by atoms with Gasteiger partial charge in [0.1, 0.15) is 30.3 Å². The Morgan fingerprint density at radius 3 is 3.00 bits per heavy atom. The molecule has 5 heteroatoms. The SMILES string of the molecule is C=C(COc1ccc2ncnc(N)c2c1)OC. The molecule has 5 nitrogen and oxygen atoms in total. The largest absolute Gasteiger partial charge is 0.498 e. The molecule has 88 valence electrons. The fourth-order valence-electron chi connectivity index (χ4n) is 1.37. The summed E-state index contributed by atoms with van der Waals surface area (Å²) in [7, 11) is 1.55. The third-order valence-electron chi connectivity index (χ3n) is 2.33. The minimum Gasteiger partial charge on any atom is -0.498 e. The van der Waals surface area contributed by atoms with Gasteiger partial charge in [0.15, 0.2) is 0 Å². The van der Waals surface area contributed by atoms with Crippen molar-refractivity contribution in [2.45, 2.75) is 0 Å². The third kappa shape index (κ3) is 2.44. The van der Waals surface area contributed by atoms with Gasteiger partial charge in [-0.05, 0) is 18.2 Å². The third-order valence-corrected chi connectivity index (χ3v) is 2.33. The molecule has 0 radical (unpaired) electrons. The predicted molar refractivity (Wildman–Crippen MR) is 65.6 cm³/mol. The Labute approximate surface area is 98.9 Å². The molecule has 0 fully saturated rings. The maximum absolute atomic E-state index is 5.76. The van der Waals surface area contributed by atoms with Gasteiger partial charge in [-0.2, -0.15) is 0 Å². The predicted octanol–water partition coefficient (Wildman–Crippen LogP) is 1.75. The summed E-state index contributed by atoms with van der Waals surface area (Å²) in [4.78, 5) is 8.03. The summed E-state index contributed by atoms with van der Waals surface area (Å²) >= 11 is 0. The average molecular weight is 231 g/mol. The minimum absolute atomic E-state index is 0.301. The maximum atomic E-state index is 5.76. The molecule has 1 aromatic heterocycles. The van der Waals surface area contributed by atoms with Crippen LogP contribution in [0.15, 0.2) is 36.9 Å². The zero-order chi connectivity index (χ0) is 12.3. The Kier molecular flexibility index (Phi) is 3.09. The van der Waals surface area contributed by atoms with E-state index in [1.807, 2.05) is 12.1 Å². The molecular weight excluding hydrogens is 218 g/mol. The summed E-state index contributed by atoms with van der Waals surface area (Å²) in [6, 6.07) is 5.45. The van der Waals surface area contributed by atoms with E-state index in [-0.39, 0.29) is 0 Å². The van der Waals surface area contributed by atoms with Crippen LogP contribution >= 0.6 is 0 Å². The van der Waals surface area contributed by atoms with Crippen molar-refractivity contribution in [1.82, 2.24) is 9.97 Å². The second-order valence-corrected chi connectivity index (χ2v) is 3.47. The standard InChI is InChI=1S/C12H13N3O2/c1-8(16-2)6-17-9-3-4-11-10(5-9)12(13)15-7-14-11/h3-5,7H,1,6H2,2H3,(H2,13,14,15). The molecule has 1 aromatic carbocycles. The highest BCUT2D eigenvalue weighted by Crippen LogP contribution is 2.22. The van der Waals surface area contributed by atoms with Crippen molar-refractivity contribution in [3.8, 4) is 5.75 Å². The molecule has 0 saturated carbocycles. The van der Waals surface area contributed by atoms with Gasteiger partial charge < -0.3 is 15.2 Å². The normalized spacial score (nSPS) is 10.2. The fraction of sp³-hybridized carbons (Fsp3) is 0.167. The topological polar surface area (TPSA) is 70.3 Å². The van der Waals surface area contributed by atoms with Crippen LogP contribution in [0.25, 0.3) is 10.9 Å². The minimum atomic E-state index is 0.301. The Hall–Kier alpha value is -2.30. The first-order valence-corrected chi connectivity index (χ1v) is 5.05. The van der Waals surface area contributed by atoms with Crippen molar-refractivity contribution >= 4 is 16.7 Å². The van der Waals surface area contributed by atoms with Gasteiger partial charge in [-0.25, -0.2) is 9.97 Å². The van der Waals surface area contributed by atoms with Crippen molar-refractivity contribution in [3.63, 3.8) is 0 Å². The van der Waals surface area contributed by atoms with E-state index in [0.717, 1.165) is 10.9 Å². The Morgan fingerprint density at radius 1 is 1.41 bits per heavy atom. The highest BCUT2D eigenvalue weighted by Gasteiger charge is 2.03. The number of benzene rings is 1. The number of hydrogen-bond donors (Lipinski definition) is 1. The molecule has 2 rings (SSSR count). The molecule has 0 aliphatic heterocycles. The molecule has 0 amide bonds. The molecule has 0 spiro atoms. The molecule has 1 heterocycles. The number of aromatic nitrogens is 2. The van der Waals surface area contributed by atoms with Crippen molar-refractivity contribution in [2.24, 2.45) is 0 Å². The number of nitrogen functional groups attached to an aromatic ring is 1. The lowest BCUT2D eigenvalue weighted by molar-refractivity contribution is 0.221. The smallest absolute Gasteiger partial charge is 0.145 e. The number of nitrogens with zero attached hydrogens (tertiary/aromatic N) is 2. The van der Waals surface area contributed by atoms with Crippen LogP contribution in [-0.2, 0) is 4.74 Å². The van der Waals surface area contributed by atoms with Gasteiger partial charge in [-0.1, -0.05) is 6.58 Å². The molecule has 2 aromatic rings. The van der Waals surface area contributed by atoms with E-state index in [1.54, 1.807) is 13.2 Å². The van der Waals surface area contributed by atoms with E-state index < -0.39 is 0 Å². The van der Waals surface area contributed by atoms with Gasteiger partial charge in [0.2, 0.25) is 0 Å². The van der Waals surface area contributed by atoms with Crippen molar-refractivity contribution in [3.05, 3.63) is 36.9 Å². The molecule has 0 unspecified atom stereocenters. The monoisotopic (exact) mass is 231 g/mol. The van der Waals surface area contributed by atoms with Crippen molar-refractivity contribution < 1.29 is 9.47 Å². The molecule has 2 N–H and O–H groups in total. The summed E-state index contributed by atoms with van der Waals surface area (Å²) < 4.78 is 10.4. The quantitative estimate of drug-likeness (QED) is 0.812. The first-order valence-electron chi connectivity index (χ1n) is 5.05. The van der Waals surface area contributed by atoms with Gasteiger partial charge in [-0.15, -0.1) is 0 Å². The number of methoxy groups -OCH3 is 1. The van der Waals surface area contributed by atoms with Crippen LogP contribution in [0.4, 0.5) is 5.82 Å². The van der Waals surface area contributed by atoms with Crippen LogP contribution in [0.1, 0.15) is 0 Å². The highest BCUT2D eigenvalue weighted by atomic mass is 16.5. The van der Waals surface area contributed by atoms with Gasteiger partial charge in [0, 0.05) is 5.39 Å². The highest BCUT2D eigenvalue weighted by molar-refractivity contribution is 5.88. The van der Waals surface area contributed by atoms with E-state index in [9.17, 15) is 0 Å². The van der Waals surface area contributed by atoms with E-state index in [4.69, 9.17) is 15.2 Å². The molecule has 0 aliphatic rings. The maximum Gasteiger partial charge on any atom is 0.145 e. The van der Waals surface area contributed by atoms with Crippen LogP contribution in [0.2, 0.25) is 0 Å². The fourth-order valence-corrected chi connectivity index (χ4v) is 1.37. The summed E-state index contributed by atoms with van der Waals surface area (Å²) in [6.07, 6.45) is 1.44. The average Bonchev–Trinajstić information content (AvgIpc) is 2.36. The van der Waals surface area contributed by atoms with Crippen LogP contribution in [0, 0.1) is 0 Å². The zero-order valence-electron chi connectivity index (χ0n) is 9.51. The molecule has 0 atom stereocenters. The van der Waals surface area contributed by atoms with Crippen LogP contribution in [0.3, 0.4) is 0 Å². The number of anilines is 1. The zero-order valence-corrected chi connectivity index (χ0v) is 9.51. The Balaban J connectivity index is 2.25. The van der Waals surface area contributed by atoms with Gasteiger partial charge >= 0.3 is 0 Å². The second kappa shape index (κ2) is 4.69. The number of rotatable bonds is 4.